The maximum Gasteiger partial charge on any atom is 0.180 e. The van der Waals surface area contributed by atoms with Gasteiger partial charge < -0.3 is 4.55 Å². The molecule has 0 saturated heterocycles. The lowest BCUT2D eigenvalue weighted by atomic mass is 10.1. The first-order valence-corrected chi connectivity index (χ1v) is 8.33. The van der Waals surface area contributed by atoms with Crippen LogP contribution in [0.2, 0.25) is 0 Å². The zero-order valence-corrected chi connectivity index (χ0v) is 14.0. The summed E-state index contributed by atoms with van der Waals surface area (Å²) in [5.74, 6) is -0.373. The first kappa shape index (κ1) is 14.6. The molecular weight excluding hydrogens is 353 g/mol. The molecule has 0 bridgehead atoms. The summed E-state index contributed by atoms with van der Waals surface area (Å²) in [5, 5.41) is 0.760. The van der Waals surface area contributed by atoms with Crippen LogP contribution in [0.5, 0.6) is 0 Å². The fourth-order valence-electron chi connectivity index (χ4n) is 2.31. The lowest BCUT2D eigenvalue weighted by Gasteiger charge is -2.12. The van der Waals surface area contributed by atoms with E-state index in [1.54, 1.807) is 24.4 Å². The Morgan fingerprint density at radius 1 is 1.10 bits per heavy atom. The minimum absolute atomic E-state index is 0.362. The molecule has 0 aliphatic heterocycles. The highest BCUT2D eigenvalue weighted by molar-refractivity contribution is 9.10. The average molecular weight is 366 g/mol. The Kier molecular flexibility index (Phi) is 3.82. The molecule has 1 heterocycles. The fraction of sp³-hybridized carbons (Fsp3) is 0.125. The number of halogens is 2. The van der Waals surface area contributed by atoms with Crippen molar-refractivity contribution in [3.8, 4) is 0 Å². The number of aromatic nitrogens is 1. The van der Waals surface area contributed by atoms with Crippen molar-refractivity contribution < 1.29 is 8.94 Å². The maximum absolute atomic E-state index is 14.2. The first-order valence-electron chi connectivity index (χ1n) is 6.43. The van der Waals surface area contributed by atoms with Crippen LogP contribution >= 0.6 is 15.9 Å². The topological polar surface area (TPSA) is 28.0 Å². The van der Waals surface area contributed by atoms with Gasteiger partial charge in [-0.25, -0.2) is 4.39 Å². The van der Waals surface area contributed by atoms with E-state index in [0.29, 0.717) is 10.4 Å². The maximum atomic E-state index is 14.2. The van der Waals surface area contributed by atoms with Gasteiger partial charge >= 0.3 is 0 Å². The van der Waals surface area contributed by atoms with Crippen molar-refractivity contribution in [3.05, 3.63) is 64.0 Å². The molecule has 0 saturated carbocycles. The van der Waals surface area contributed by atoms with Crippen molar-refractivity contribution in [2.24, 2.45) is 0 Å². The third-order valence-electron chi connectivity index (χ3n) is 3.43. The van der Waals surface area contributed by atoms with Crippen LogP contribution < -0.4 is 0 Å². The molecule has 1 atom stereocenters. The molecule has 0 amide bonds. The van der Waals surface area contributed by atoms with Crippen LogP contribution in [-0.4, -0.2) is 8.53 Å². The molecule has 108 valence electrons. The molecule has 5 heteroatoms. The van der Waals surface area contributed by atoms with Gasteiger partial charge in [-0.2, -0.15) is 3.97 Å². The molecule has 0 fully saturated rings. The molecular formula is C16H13BrFNOS. The smallest absolute Gasteiger partial charge is 0.180 e. The molecule has 0 aliphatic carbocycles. The van der Waals surface area contributed by atoms with E-state index in [-0.39, 0.29) is 5.82 Å². The largest absolute Gasteiger partial charge is 0.587 e. The lowest BCUT2D eigenvalue weighted by molar-refractivity contribution is 0.585. The van der Waals surface area contributed by atoms with Crippen LogP contribution in [-0.2, 0) is 11.4 Å². The van der Waals surface area contributed by atoms with Gasteiger partial charge in [-0.05, 0) is 53.5 Å². The van der Waals surface area contributed by atoms with E-state index in [1.165, 1.54) is 10.0 Å². The predicted molar refractivity (Wildman–Crippen MR) is 87.3 cm³/mol. The molecule has 0 N–H and O–H groups in total. The van der Waals surface area contributed by atoms with E-state index in [2.05, 4.69) is 15.9 Å². The summed E-state index contributed by atoms with van der Waals surface area (Å²) in [6.07, 6.45) is 1.68. The molecule has 2 aromatic carbocycles. The molecule has 1 aromatic heterocycles. The van der Waals surface area contributed by atoms with Crippen molar-refractivity contribution in [3.63, 3.8) is 0 Å². The van der Waals surface area contributed by atoms with E-state index >= 15 is 0 Å². The van der Waals surface area contributed by atoms with Crippen LogP contribution in [0.15, 0.2) is 52.0 Å². The zero-order valence-electron chi connectivity index (χ0n) is 11.6. The highest BCUT2D eigenvalue weighted by Gasteiger charge is 2.22. The Morgan fingerprint density at radius 2 is 1.76 bits per heavy atom. The second-order valence-corrected chi connectivity index (χ2v) is 7.17. The lowest BCUT2D eigenvalue weighted by Crippen LogP contribution is -2.12. The van der Waals surface area contributed by atoms with Gasteiger partial charge in [-0.15, -0.1) is 0 Å². The van der Waals surface area contributed by atoms with Gasteiger partial charge in [0.25, 0.3) is 0 Å². The quantitative estimate of drug-likeness (QED) is 0.603. The van der Waals surface area contributed by atoms with E-state index in [4.69, 9.17) is 0 Å². The summed E-state index contributed by atoms with van der Waals surface area (Å²) >= 11 is 1.95. The summed E-state index contributed by atoms with van der Waals surface area (Å²) < 4.78 is 29.2. The monoisotopic (exact) mass is 365 g/mol. The van der Waals surface area contributed by atoms with Gasteiger partial charge in [0.05, 0.1) is 6.20 Å². The van der Waals surface area contributed by atoms with Crippen LogP contribution in [0.4, 0.5) is 4.39 Å². The van der Waals surface area contributed by atoms with Crippen LogP contribution in [0, 0.1) is 19.7 Å². The number of fused-ring (bicyclic) bond motifs is 1. The summed E-state index contributed by atoms with van der Waals surface area (Å²) in [6, 6.07) is 10.5. The summed E-state index contributed by atoms with van der Waals surface area (Å²) in [5.41, 5.74) is 2.40. The van der Waals surface area contributed by atoms with Gasteiger partial charge in [0, 0.05) is 9.86 Å². The second-order valence-electron chi connectivity index (χ2n) is 4.95. The molecule has 21 heavy (non-hydrogen) atoms. The predicted octanol–water partition coefficient (Wildman–Crippen LogP) is 4.73. The van der Waals surface area contributed by atoms with Crippen molar-refractivity contribution in [2.75, 3.05) is 0 Å². The van der Waals surface area contributed by atoms with Crippen LogP contribution in [0.1, 0.15) is 11.1 Å². The number of benzene rings is 2. The summed E-state index contributed by atoms with van der Waals surface area (Å²) in [7, 11) is 0. The molecule has 1 unspecified atom stereocenters. The Bertz CT molecular complexity index is 813. The fourth-order valence-corrected chi connectivity index (χ4v) is 4.30. The number of rotatable bonds is 2. The first-order chi connectivity index (χ1) is 9.99. The summed E-state index contributed by atoms with van der Waals surface area (Å²) in [4.78, 5) is 0.644. The highest BCUT2D eigenvalue weighted by atomic mass is 79.9. The number of aryl methyl sites for hydroxylation is 2. The third-order valence-corrected chi connectivity index (χ3v) is 5.35. The average Bonchev–Trinajstić information content (AvgIpc) is 2.82. The van der Waals surface area contributed by atoms with E-state index < -0.39 is 11.4 Å². The van der Waals surface area contributed by atoms with Gasteiger partial charge in [-0.3, -0.25) is 0 Å². The van der Waals surface area contributed by atoms with Crippen molar-refractivity contribution in [1.29, 1.82) is 0 Å². The van der Waals surface area contributed by atoms with Gasteiger partial charge in [-0.1, -0.05) is 23.8 Å². The summed E-state index contributed by atoms with van der Waals surface area (Å²) in [6.45, 7) is 3.88. The molecule has 3 rings (SSSR count). The molecule has 2 nitrogen and oxygen atoms in total. The second kappa shape index (κ2) is 5.48. The molecule has 0 aliphatic rings. The molecule has 3 aromatic rings. The molecule has 0 radical (unpaired) electrons. The van der Waals surface area contributed by atoms with E-state index in [1.807, 2.05) is 26.0 Å². The Labute approximate surface area is 134 Å². The van der Waals surface area contributed by atoms with Gasteiger partial charge in [0.2, 0.25) is 0 Å². The minimum atomic E-state index is -1.48. The van der Waals surface area contributed by atoms with Gasteiger partial charge in [0.15, 0.2) is 10.7 Å². The normalized spacial score (nSPS) is 12.8. The van der Waals surface area contributed by atoms with Crippen LogP contribution in [0.25, 0.3) is 10.9 Å². The van der Waals surface area contributed by atoms with Crippen molar-refractivity contribution in [2.45, 2.75) is 18.7 Å². The van der Waals surface area contributed by atoms with Gasteiger partial charge in [0.1, 0.15) is 16.9 Å². The Morgan fingerprint density at radius 3 is 2.43 bits per heavy atom. The van der Waals surface area contributed by atoms with Crippen molar-refractivity contribution >= 4 is 38.2 Å². The van der Waals surface area contributed by atoms with E-state index in [0.717, 1.165) is 21.0 Å². The standard InChI is InChI=1S/C16H13BrFNOS/c1-10-3-6-12(7-4-10)21(20)19-9-13(17)15-11(2)5-8-14(18)16(15)19/h3-9H,1-2H3. The van der Waals surface area contributed by atoms with Crippen molar-refractivity contribution in [1.82, 2.24) is 3.97 Å². The highest BCUT2D eigenvalue weighted by Crippen LogP contribution is 2.33. The number of hydrogen-bond donors (Lipinski definition) is 0. The zero-order chi connectivity index (χ0) is 15.1. The SMILES string of the molecule is Cc1ccc([S+]([O-])n2cc(Br)c3c(C)ccc(F)c32)cc1. The number of nitrogens with zero attached hydrogens (tertiary/aromatic N) is 1. The third kappa shape index (κ3) is 2.50. The Balaban J connectivity index is 2.21. The van der Waals surface area contributed by atoms with Crippen LogP contribution in [0.3, 0.4) is 0 Å². The van der Waals surface area contributed by atoms with E-state index in [9.17, 15) is 8.94 Å². The minimum Gasteiger partial charge on any atom is -0.587 e. The molecule has 0 spiro atoms. The number of hydrogen-bond acceptors (Lipinski definition) is 1. The Hall–Kier alpha value is -1.30.